The van der Waals surface area contributed by atoms with Crippen LogP contribution in [-0.4, -0.2) is 9.67 Å². The van der Waals surface area contributed by atoms with Crippen molar-refractivity contribution in [2.45, 2.75) is 19.6 Å². The fraction of sp³-hybridized carbons (Fsp3) is 0.188. The SMILES string of the molecule is CCn1c(=O)oc2cc(C(O)c3ccccc3I)ccc21. The van der Waals surface area contributed by atoms with Gasteiger partial charge < -0.3 is 9.52 Å². The van der Waals surface area contributed by atoms with E-state index >= 15 is 0 Å². The van der Waals surface area contributed by atoms with Crippen molar-refractivity contribution < 1.29 is 9.52 Å². The first-order valence-corrected chi connectivity index (χ1v) is 7.75. The van der Waals surface area contributed by atoms with Gasteiger partial charge in [0.2, 0.25) is 0 Å². The molecule has 0 aliphatic rings. The molecule has 0 saturated heterocycles. The van der Waals surface area contributed by atoms with Crippen molar-refractivity contribution >= 4 is 33.7 Å². The molecule has 3 aromatic rings. The number of fused-ring (bicyclic) bond motifs is 1. The standard InChI is InChI=1S/C16H14INO3/c1-2-18-13-8-7-10(9-14(13)21-16(18)20)15(19)11-5-3-4-6-12(11)17/h3-9,15,19H,2H2,1H3. The summed E-state index contributed by atoms with van der Waals surface area (Å²) >= 11 is 2.20. The number of aromatic nitrogens is 1. The smallest absolute Gasteiger partial charge is 0.408 e. The molecule has 1 heterocycles. The molecule has 5 heteroatoms. The Bertz CT molecular complexity index is 850. The molecule has 3 rings (SSSR count). The average molecular weight is 395 g/mol. The number of nitrogens with zero attached hydrogens (tertiary/aromatic N) is 1. The van der Waals surface area contributed by atoms with Crippen molar-refractivity contribution in [2.24, 2.45) is 0 Å². The minimum atomic E-state index is -0.738. The lowest BCUT2D eigenvalue weighted by Gasteiger charge is -2.13. The second-order valence-electron chi connectivity index (χ2n) is 4.76. The Morgan fingerprint density at radius 1 is 1.29 bits per heavy atom. The number of hydrogen-bond donors (Lipinski definition) is 1. The topological polar surface area (TPSA) is 55.4 Å². The molecule has 1 unspecified atom stereocenters. The molecule has 0 fully saturated rings. The number of aliphatic hydroxyl groups is 1. The lowest BCUT2D eigenvalue weighted by Crippen LogP contribution is -2.11. The van der Waals surface area contributed by atoms with Gasteiger partial charge in [-0.3, -0.25) is 4.57 Å². The molecule has 4 nitrogen and oxygen atoms in total. The maximum atomic E-state index is 11.7. The second kappa shape index (κ2) is 5.65. The van der Waals surface area contributed by atoms with Gasteiger partial charge in [-0.25, -0.2) is 4.79 Å². The second-order valence-corrected chi connectivity index (χ2v) is 5.93. The zero-order valence-electron chi connectivity index (χ0n) is 11.4. The first-order chi connectivity index (χ1) is 10.1. The molecule has 0 bridgehead atoms. The molecule has 108 valence electrons. The number of halogens is 1. The van der Waals surface area contributed by atoms with Crippen molar-refractivity contribution in [3.05, 3.63) is 67.7 Å². The highest BCUT2D eigenvalue weighted by atomic mass is 127. The lowest BCUT2D eigenvalue weighted by atomic mass is 10.0. The molecule has 0 amide bonds. The summed E-state index contributed by atoms with van der Waals surface area (Å²) in [6.07, 6.45) is -0.738. The van der Waals surface area contributed by atoms with Gasteiger partial charge in [-0.1, -0.05) is 24.3 Å². The van der Waals surface area contributed by atoms with Crippen molar-refractivity contribution in [3.63, 3.8) is 0 Å². The fourth-order valence-corrected chi connectivity index (χ4v) is 3.11. The van der Waals surface area contributed by atoms with E-state index in [9.17, 15) is 9.90 Å². The number of oxazole rings is 1. The van der Waals surface area contributed by atoms with Crippen LogP contribution in [-0.2, 0) is 6.54 Å². The van der Waals surface area contributed by atoms with E-state index in [1.807, 2.05) is 43.3 Å². The van der Waals surface area contributed by atoms with Crippen molar-refractivity contribution in [1.82, 2.24) is 4.57 Å². The molecular weight excluding hydrogens is 381 g/mol. The molecule has 0 saturated carbocycles. The van der Waals surface area contributed by atoms with Gasteiger partial charge in [0.1, 0.15) is 6.10 Å². The molecule has 21 heavy (non-hydrogen) atoms. The summed E-state index contributed by atoms with van der Waals surface area (Å²) in [7, 11) is 0. The number of rotatable bonds is 3. The van der Waals surface area contributed by atoms with E-state index in [-0.39, 0.29) is 5.76 Å². The summed E-state index contributed by atoms with van der Waals surface area (Å²) in [6, 6.07) is 13.1. The quantitative estimate of drug-likeness (QED) is 0.693. The van der Waals surface area contributed by atoms with Gasteiger partial charge in [0.05, 0.1) is 5.52 Å². The van der Waals surface area contributed by atoms with Crippen LogP contribution in [0, 0.1) is 3.57 Å². The molecule has 2 aromatic carbocycles. The first kappa shape index (κ1) is 14.3. The summed E-state index contributed by atoms with van der Waals surface area (Å²) in [6.45, 7) is 2.45. The minimum Gasteiger partial charge on any atom is -0.408 e. The summed E-state index contributed by atoms with van der Waals surface area (Å²) < 4.78 is 7.80. The Kier molecular flexibility index (Phi) is 3.86. The van der Waals surface area contributed by atoms with E-state index < -0.39 is 6.10 Å². The van der Waals surface area contributed by atoms with Crippen LogP contribution in [0.4, 0.5) is 0 Å². The van der Waals surface area contributed by atoms with Gasteiger partial charge in [0.25, 0.3) is 0 Å². The number of hydrogen-bond acceptors (Lipinski definition) is 3. The molecule has 0 spiro atoms. The van der Waals surface area contributed by atoms with Crippen LogP contribution in [0.2, 0.25) is 0 Å². The number of benzene rings is 2. The van der Waals surface area contributed by atoms with Crippen LogP contribution in [0.3, 0.4) is 0 Å². The number of aryl methyl sites for hydroxylation is 1. The Balaban J connectivity index is 2.09. The van der Waals surface area contributed by atoms with Crippen molar-refractivity contribution in [1.29, 1.82) is 0 Å². The summed E-state index contributed by atoms with van der Waals surface area (Å²) in [5.74, 6) is -0.367. The van der Waals surface area contributed by atoms with E-state index in [4.69, 9.17) is 4.42 Å². The van der Waals surface area contributed by atoms with Crippen LogP contribution in [0.25, 0.3) is 11.1 Å². The average Bonchev–Trinajstić information content (AvgIpc) is 2.81. The third kappa shape index (κ3) is 2.51. The van der Waals surface area contributed by atoms with Crippen LogP contribution < -0.4 is 5.76 Å². The zero-order chi connectivity index (χ0) is 15.0. The third-order valence-corrected chi connectivity index (χ3v) is 4.51. The molecular formula is C16H14INO3. The van der Waals surface area contributed by atoms with E-state index in [2.05, 4.69) is 22.6 Å². The Hall–Kier alpha value is -1.60. The van der Waals surface area contributed by atoms with E-state index in [1.54, 1.807) is 10.6 Å². The minimum absolute atomic E-state index is 0.367. The Morgan fingerprint density at radius 3 is 2.76 bits per heavy atom. The van der Waals surface area contributed by atoms with Gasteiger partial charge in [-0.15, -0.1) is 0 Å². The predicted molar refractivity (Wildman–Crippen MR) is 89.4 cm³/mol. The lowest BCUT2D eigenvalue weighted by molar-refractivity contribution is 0.219. The van der Waals surface area contributed by atoms with Crippen LogP contribution in [0.15, 0.2) is 51.7 Å². The monoisotopic (exact) mass is 395 g/mol. The summed E-state index contributed by atoms with van der Waals surface area (Å²) in [5.41, 5.74) is 2.81. The highest BCUT2D eigenvalue weighted by Gasteiger charge is 2.16. The molecule has 1 N–H and O–H groups in total. The van der Waals surface area contributed by atoms with Gasteiger partial charge >= 0.3 is 5.76 Å². The highest BCUT2D eigenvalue weighted by Crippen LogP contribution is 2.28. The predicted octanol–water partition coefficient (Wildman–Crippen LogP) is 3.30. The van der Waals surface area contributed by atoms with Gasteiger partial charge in [-0.05, 0) is 58.8 Å². The van der Waals surface area contributed by atoms with E-state index in [1.165, 1.54) is 0 Å². The van der Waals surface area contributed by atoms with Gasteiger partial charge in [0.15, 0.2) is 5.58 Å². The van der Waals surface area contributed by atoms with E-state index in [0.29, 0.717) is 17.7 Å². The van der Waals surface area contributed by atoms with Gasteiger partial charge in [-0.2, -0.15) is 0 Å². The maximum Gasteiger partial charge on any atom is 0.419 e. The summed E-state index contributed by atoms with van der Waals surface area (Å²) in [5, 5.41) is 10.5. The largest absolute Gasteiger partial charge is 0.419 e. The van der Waals surface area contributed by atoms with Crippen LogP contribution >= 0.6 is 22.6 Å². The van der Waals surface area contributed by atoms with Crippen LogP contribution in [0.5, 0.6) is 0 Å². The van der Waals surface area contributed by atoms with E-state index in [0.717, 1.165) is 14.7 Å². The van der Waals surface area contributed by atoms with Crippen LogP contribution in [0.1, 0.15) is 24.2 Å². The van der Waals surface area contributed by atoms with Crippen molar-refractivity contribution in [3.8, 4) is 0 Å². The molecule has 1 aromatic heterocycles. The number of aliphatic hydroxyl groups excluding tert-OH is 1. The Labute approximate surface area is 135 Å². The normalized spacial score (nSPS) is 12.7. The summed E-state index contributed by atoms with van der Waals surface area (Å²) in [4.78, 5) is 11.7. The van der Waals surface area contributed by atoms with Crippen molar-refractivity contribution in [2.75, 3.05) is 0 Å². The van der Waals surface area contributed by atoms with Gasteiger partial charge in [0, 0.05) is 10.1 Å². The molecule has 0 aliphatic carbocycles. The fourth-order valence-electron chi connectivity index (χ4n) is 2.43. The molecule has 1 atom stereocenters. The first-order valence-electron chi connectivity index (χ1n) is 6.67. The molecule has 0 aliphatic heterocycles. The highest BCUT2D eigenvalue weighted by molar-refractivity contribution is 14.1. The third-order valence-electron chi connectivity index (χ3n) is 3.52. The maximum absolute atomic E-state index is 11.7. The Morgan fingerprint density at radius 2 is 2.05 bits per heavy atom. The zero-order valence-corrected chi connectivity index (χ0v) is 13.6. The molecule has 0 radical (unpaired) electrons.